The summed E-state index contributed by atoms with van der Waals surface area (Å²) in [5.41, 5.74) is 5.03. The number of pyridine rings is 1. The first-order chi connectivity index (χ1) is 16.7. The van der Waals surface area contributed by atoms with Crippen LogP contribution >= 0.6 is 0 Å². The van der Waals surface area contributed by atoms with E-state index in [-0.39, 0.29) is 40.4 Å². The Labute approximate surface area is 197 Å². The number of carboxylic acids is 1. The average molecular weight is 479 g/mol. The molecule has 4 aromatic rings. The fourth-order valence-corrected chi connectivity index (χ4v) is 3.65. The van der Waals surface area contributed by atoms with Crippen molar-refractivity contribution in [1.82, 2.24) is 4.57 Å². The van der Waals surface area contributed by atoms with Gasteiger partial charge in [0.1, 0.15) is 22.9 Å². The average Bonchev–Trinajstić information content (AvgIpc) is 2.80. The first-order valence-corrected chi connectivity index (χ1v) is 10.3. The number of amides is 1. The molecule has 0 aliphatic carbocycles. The molecule has 0 aliphatic heterocycles. The van der Waals surface area contributed by atoms with E-state index in [2.05, 4.69) is 5.32 Å². The summed E-state index contributed by atoms with van der Waals surface area (Å²) in [6, 6.07) is 12.6. The van der Waals surface area contributed by atoms with E-state index >= 15 is 0 Å². The van der Waals surface area contributed by atoms with Crippen LogP contribution in [0.25, 0.3) is 10.9 Å². The summed E-state index contributed by atoms with van der Waals surface area (Å²) >= 11 is 0. The molecule has 1 aromatic heterocycles. The third-order valence-corrected chi connectivity index (χ3v) is 5.27. The molecule has 0 saturated carbocycles. The topological polar surface area (TPSA) is 124 Å². The Morgan fingerprint density at radius 3 is 2.31 bits per heavy atom. The van der Waals surface area contributed by atoms with Crippen LogP contribution in [0.1, 0.15) is 22.8 Å². The van der Waals surface area contributed by atoms with Gasteiger partial charge in [0.15, 0.2) is 5.75 Å². The molecule has 0 bridgehead atoms. The van der Waals surface area contributed by atoms with Crippen LogP contribution in [-0.4, -0.2) is 21.6 Å². The van der Waals surface area contributed by atoms with Crippen LogP contribution in [0.4, 0.5) is 20.2 Å². The van der Waals surface area contributed by atoms with Gasteiger partial charge in [0.2, 0.25) is 11.3 Å². The van der Waals surface area contributed by atoms with E-state index in [1.54, 1.807) is 24.3 Å². The molecule has 1 heterocycles. The molecule has 8 nitrogen and oxygen atoms in total. The van der Waals surface area contributed by atoms with Gasteiger partial charge < -0.3 is 25.5 Å². The molecule has 0 fully saturated rings. The van der Waals surface area contributed by atoms with Gasteiger partial charge in [-0.15, -0.1) is 0 Å². The van der Waals surface area contributed by atoms with E-state index < -0.39 is 28.6 Å². The van der Waals surface area contributed by atoms with Crippen molar-refractivity contribution in [3.8, 4) is 11.5 Å². The first-order valence-electron chi connectivity index (χ1n) is 10.3. The highest BCUT2D eigenvalue weighted by Crippen LogP contribution is 2.33. The number of carboxylic acid groups (broad SMARTS) is 1. The van der Waals surface area contributed by atoms with E-state index in [1.165, 1.54) is 29.7 Å². The molecule has 3 aromatic carbocycles. The summed E-state index contributed by atoms with van der Waals surface area (Å²) in [5, 5.41) is 12.0. The third-order valence-electron chi connectivity index (χ3n) is 5.27. The number of nitrogens with two attached hydrogens (primary N) is 1. The number of nitrogens with zero attached hydrogens (tertiary/aromatic N) is 1. The van der Waals surface area contributed by atoms with Gasteiger partial charge >= 0.3 is 5.97 Å². The monoisotopic (exact) mass is 479 g/mol. The van der Waals surface area contributed by atoms with E-state index in [9.17, 15) is 28.3 Å². The number of carbonyl (C=O) groups excluding carboxylic acids is 1. The quantitative estimate of drug-likeness (QED) is 0.353. The minimum atomic E-state index is -1.51. The van der Waals surface area contributed by atoms with E-state index in [4.69, 9.17) is 10.5 Å². The summed E-state index contributed by atoms with van der Waals surface area (Å²) in [4.78, 5) is 35.9. The number of hydrogen-bond donors (Lipinski definition) is 3. The first kappa shape index (κ1) is 23.4. The highest BCUT2D eigenvalue weighted by molar-refractivity contribution is 5.99. The smallest absolute Gasteiger partial charge is 0.341 e. The molecule has 0 saturated heterocycles. The van der Waals surface area contributed by atoms with Gasteiger partial charge in [-0.1, -0.05) is 6.07 Å². The summed E-state index contributed by atoms with van der Waals surface area (Å²) in [6.07, 6.45) is 1.03. The lowest BCUT2D eigenvalue weighted by Crippen LogP contribution is -2.21. The molecule has 4 N–H and O–H groups in total. The zero-order valence-electron chi connectivity index (χ0n) is 18.3. The van der Waals surface area contributed by atoms with Crippen molar-refractivity contribution in [2.45, 2.75) is 13.5 Å². The van der Waals surface area contributed by atoms with Crippen LogP contribution in [-0.2, 0) is 11.3 Å². The minimum absolute atomic E-state index is 0.0769. The number of carbonyl (C=O) groups is 2. The molecule has 0 spiro atoms. The second-order valence-electron chi connectivity index (χ2n) is 7.68. The van der Waals surface area contributed by atoms with Gasteiger partial charge in [-0.3, -0.25) is 9.59 Å². The second kappa shape index (κ2) is 9.26. The van der Waals surface area contributed by atoms with Crippen LogP contribution in [0.15, 0.2) is 65.6 Å². The normalized spacial score (nSPS) is 10.8. The Morgan fingerprint density at radius 2 is 1.71 bits per heavy atom. The standard InChI is InChI=1S/C25H19F2N3O5/c1-13(31)29-14-5-7-15(8-6-14)35-21-10-9-20-22(23(21)28)24(32)17(25(33)34)12-30(20)11-16-18(26)3-2-4-19(16)27/h2-10,12H,11,28H2,1H3,(H,29,31)(H,33,34). The number of aromatic carboxylic acids is 1. The lowest BCUT2D eigenvalue weighted by molar-refractivity contribution is -0.114. The van der Waals surface area contributed by atoms with E-state index in [1.807, 2.05) is 0 Å². The largest absolute Gasteiger partial charge is 0.477 e. The van der Waals surface area contributed by atoms with Crippen molar-refractivity contribution >= 4 is 34.2 Å². The predicted molar refractivity (Wildman–Crippen MR) is 126 cm³/mol. The molecule has 35 heavy (non-hydrogen) atoms. The fourth-order valence-electron chi connectivity index (χ4n) is 3.65. The number of halogens is 2. The van der Waals surface area contributed by atoms with Crippen molar-refractivity contribution in [3.05, 3.63) is 93.8 Å². The number of nitrogens with one attached hydrogen (secondary N) is 1. The van der Waals surface area contributed by atoms with Gasteiger partial charge in [0.25, 0.3) is 0 Å². The van der Waals surface area contributed by atoms with Gasteiger partial charge in [-0.05, 0) is 48.5 Å². The molecule has 0 aliphatic rings. The lowest BCUT2D eigenvalue weighted by Gasteiger charge is -2.16. The minimum Gasteiger partial charge on any atom is -0.477 e. The predicted octanol–water partition coefficient (Wildman–Crippen LogP) is 4.36. The maximum Gasteiger partial charge on any atom is 0.341 e. The number of nitrogen functional groups attached to an aromatic ring is 1. The summed E-state index contributed by atoms with van der Waals surface area (Å²) in [6.45, 7) is 0.999. The number of hydrogen-bond acceptors (Lipinski definition) is 5. The highest BCUT2D eigenvalue weighted by Gasteiger charge is 2.20. The van der Waals surface area contributed by atoms with Crippen LogP contribution in [0, 0.1) is 11.6 Å². The highest BCUT2D eigenvalue weighted by atomic mass is 19.1. The maximum atomic E-state index is 14.3. The van der Waals surface area contributed by atoms with Crippen molar-refractivity contribution in [2.75, 3.05) is 11.1 Å². The Hall–Kier alpha value is -4.73. The zero-order valence-corrected chi connectivity index (χ0v) is 18.3. The van der Waals surface area contributed by atoms with Gasteiger partial charge in [-0.2, -0.15) is 0 Å². The van der Waals surface area contributed by atoms with Crippen LogP contribution < -0.4 is 21.2 Å². The molecule has 1 amide bonds. The lowest BCUT2D eigenvalue weighted by atomic mass is 10.1. The maximum absolute atomic E-state index is 14.3. The van der Waals surface area contributed by atoms with Crippen molar-refractivity contribution in [3.63, 3.8) is 0 Å². The molecular weight excluding hydrogens is 460 g/mol. The molecule has 0 radical (unpaired) electrons. The molecular formula is C25H19F2N3O5. The number of benzene rings is 3. The summed E-state index contributed by atoms with van der Waals surface area (Å²) in [5.74, 6) is -2.97. The van der Waals surface area contributed by atoms with Crippen LogP contribution in [0.2, 0.25) is 0 Å². The SMILES string of the molecule is CC(=O)Nc1ccc(Oc2ccc3c(c2N)c(=O)c(C(=O)O)cn3Cc2c(F)cccc2F)cc1. The fraction of sp³-hybridized carbons (Fsp3) is 0.0800. The number of aromatic nitrogens is 1. The van der Waals surface area contributed by atoms with E-state index in [0.29, 0.717) is 11.4 Å². The van der Waals surface area contributed by atoms with Crippen LogP contribution in [0.5, 0.6) is 11.5 Å². The molecule has 0 atom stereocenters. The summed E-state index contributed by atoms with van der Waals surface area (Å²) in [7, 11) is 0. The second-order valence-corrected chi connectivity index (χ2v) is 7.68. The third kappa shape index (κ3) is 4.67. The van der Waals surface area contributed by atoms with Crippen molar-refractivity contribution in [2.24, 2.45) is 0 Å². The summed E-state index contributed by atoms with van der Waals surface area (Å²) < 4.78 is 35.5. The molecule has 4 rings (SSSR count). The van der Waals surface area contributed by atoms with Crippen LogP contribution in [0.3, 0.4) is 0 Å². The Balaban J connectivity index is 1.82. The van der Waals surface area contributed by atoms with E-state index in [0.717, 1.165) is 18.3 Å². The molecule has 178 valence electrons. The van der Waals surface area contributed by atoms with Crippen molar-refractivity contribution < 1.29 is 28.2 Å². The van der Waals surface area contributed by atoms with Crippen molar-refractivity contribution in [1.29, 1.82) is 0 Å². The number of fused-ring (bicyclic) bond motifs is 1. The molecule has 0 unspecified atom stereocenters. The Kier molecular flexibility index (Phi) is 6.20. The number of ether oxygens (including phenoxy) is 1. The number of rotatable bonds is 6. The Bertz CT molecular complexity index is 1510. The van der Waals surface area contributed by atoms with Gasteiger partial charge in [0, 0.05) is 24.4 Å². The molecule has 10 heteroatoms. The Morgan fingerprint density at radius 1 is 1.06 bits per heavy atom. The zero-order chi connectivity index (χ0) is 25.3. The number of anilines is 2. The van der Waals surface area contributed by atoms with Gasteiger partial charge in [0.05, 0.1) is 23.1 Å². The van der Waals surface area contributed by atoms with Gasteiger partial charge in [-0.25, -0.2) is 13.6 Å².